The number of hydrogen-bond acceptors (Lipinski definition) is 3. The molecule has 5 heteroatoms. The zero-order valence-electron chi connectivity index (χ0n) is 17.0. The maximum absolute atomic E-state index is 13.3. The Morgan fingerprint density at radius 1 is 1.17 bits per heavy atom. The number of aromatic nitrogens is 2. The molecule has 1 aliphatic heterocycles. The minimum absolute atomic E-state index is 0.0303. The number of para-hydroxylation sites is 1. The van der Waals surface area contributed by atoms with Crippen molar-refractivity contribution in [1.82, 2.24) is 14.7 Å². The highest BCUT2D eigenvalue weighted by atomic mass is 16.5. The maximum Gasteiger partial charge on any atom is 0.257 e. The van der Waals surface area contributed by atoms with E-state index in [0.717, 1.165) is 37.1 Å². The van der Waals surface area contributed by atoms with Crippen LogP contribution in [-0.4, -0.2) is 46.9 Å². The molecule has 150 valence electrons. The molecule has 0 N–H and O–H groups in total. The predicted octanol–water partition coefficient (Wildman–Crippen LogP) is 4.35. The van der Waals surface area contributed by atoms with Crippen molar-refractivity contribution < 1.29 is 9.53 Å². The molecule has 0 saturated carbocycles. The first-order valence-corrected chi connectivity index (χ1v) is 10.3. The van der Waals surface area contributed by atoms with Gasteiger partial charge in [0.15, 0.2) is 0 Å². The van der Waals surface area contributed by atoms with Gasteiger partial charge in [0, 0.05) is 32.0 Å². The van der Waals surface area contributed by atoms with E-state index in [4.69, 9.17) is 9.84 Å². The van der Waals surface area contributed by atoms with Crippen LogP contribution in [0.5, 0.6) is 0 Å². The second-order valence-corrected chi connectivity index (χ2v) is 7.54. The van der Waals surface area contributed by atoms with Crippen LogP contribution in [0.2, 0.25) is 0 Å². The first-order valence-electron chi connectivity index (χ1n) is 10.3. The molecule has 4 rings (SSSR count). The van der Waals surface area contributed by atoms with Crippen LogP contribution in [0.1, 0.15) is 35.7 Å². The molecule has 1 amide bonds. The first kappa shape index (κ1) is 19.4. The van der Waals surface area contributed by atoms with Crippen molar-refractivity contribution in [2.45, 2.75) is 32.3 Å². The average molecular weight is 389 g/mol. The summed E-state index contributed by atoms with van der Waals surface area (Å²) in [5, 5.41) is 4.78. The van der Waals surface area contributed by atoms with E-state index in [-0.39, 0.29) is 12.0 Å². The molecule has 3 aromatic rings. The molecule has 5 nitrogen and oxygen atoms in total. The van der Waals surface area contributed by atoms with Crippen LogP contribution in [0.25, 0.3) is 16.9 Å². The molecule has 2 heterocycles. The van der Waals surface area contributed by atoms with Crippen molar-refractivity contribution in [3.63, 3.8) is 0 Å². The standard InChI is InChI=1S/C24H27N3O2/c1-3-18-11-13-19(14-12-18)23-22(17-27(25-23)20-8-5-4-6-9-20)24(28)26(2)16-21-10-7-15-29-21/h4-6,8-9,11-14,17,21H,3,7,10,15-16H2,1-2H3. The predicted molar refractivity (Wildman–Crippen MR) is 114 cm³/mol. The van der Waals surface area contributed by atoms with Crippen LogP contribution in [-0.2, 0) is 11.2 Å². The number of hydrogen-bond donors (Lipinski definition) is 0. The van der Waals surface area contributed by atoms with E-state index in [2.05, 4.69) is 19.1 Å². The Morgan fingerprint density at radius 2 is 1.93 bits per heavy atom. The Kier molecular flexibility index (Phi) is 5.76. The molecule has 1 aliphatic rings. The fourth-order valence-corrected chi connectivity index (χ4v) is 3.74. The fraction of sp³-hybridized carbons (Fsp3) is 0.333. The third kappa shape index (κ3) is 4.25. The number of carbonyl (C=O) groups is 1. The molecule has 1 atom stereocenters. The molecule has 0 aliphatic carbocycles. The minimum Gasteiger partial charge on any atom is -0.376 e. The molecule has 1 aromatic heterocycles. The Hall–Kier alpha value is -2.92. The van der Waals surface area contributed by atoms with E-state index in [0.29, 0.717) is 17.8 Å². The zero-order chi connectivity index (χ0) is 20.2. The van der Waals surface area contributed by atoms with Crippen molar-refractivity contribution in [2.75, 3.05) is 20.2 Å². The van der Waals surface area contributed by atoms with Crippen molar-refractivity contribution in [3.8, 4) is 16.9 Å². The average Bonchev–Trinajstić information content (AvgIpc) is 3.44. The normalized spacial score (nSPS) is 16.1. The third-order valence-corrected chi connectivity index (χ3v) is 5.45. The van der Waals surface area contributed by atoms with Crippen molar-refractivity contribution >= 4 is 5.91 Å². The van der Waals surface area contributed by atoms with Gasteiger partial charge in [-0.05, 0) is 37.0 Å². The summed E-state index contributed by atoms with van der Waals surface area (Å²) in [6.07, 6.45) is 5.02. The van der Waals surface area contributed by atoms with Crippen molar-refractivity contribution in [1.29, 1.82) is 0 Å². The van der Waals surface area contributed by atoms with Gasteiger partial charge in [0.25, 0.3) is 5.91 Å². The van der Waals surface area contributed by atoms with Crippen LogP contribution < -0.4 is 0 Å². The molecular formula is C24H27N3O2. The third-order valence-electron chi connectivity index (χ3n) is 5.45. The molecule has 0 bridgehead atoms. The molecule has 0 spiro atoms. The van der Waals surface area contributed by atoms with Gasteiger partial charge in [0.2, 0.25) is 0 Å². The monoisotopic (exact) mass is 389 g/mol. The Balaban J connectivity index is 1.69. The Bertz CT molecular complexity index is 958. The lowest BCUT2D eigenvalue weighted by molar-refractivity contribution is 0.0587. The number of aryl methyl sites for hydroxylation is 1. The molecule has 1 fully saturated rings. The number of carbonyl (C=O) groups excluding carboxylic acids is 1. The van der Waals surface area contributed by atoms with Gasteiger partial charge < -0.3 is 9.64 Å². The first-order chi connectivity index (χ1) is 14.2. The highest BCUT2D eigenvalue weighted by Crippen LogP contribution is 2.26. The van der Waals surface area contributed by atoms with Gasteiger partial charge in [0.05, 0.1) is 17.4 Å². The Labute approximate surface area is 171 Å². The van der Waals surface area contributed by atoms with Crippen LogP contribution in [0, 0.1) is 0 Å². The minimum atomic E-state index is -0.0303. The number of amides is 1. The zero-order valence-corrected chi connectivity index (χ0v) is 17.0. The lowest BCUT2D eigenvalue weighted by Gasteiger charge is -2.20. The lowest BCUT2D eigenvalue weighted by Crippen LogP contribution is -2.34. The number of nitrogens with zero attached hydrogens (tertiary/aromatic N) is 3. The number of likely N-dealkylation sites (N-methyl/N-ethyl adjacent to an activating group) is 1. The number of ether oxygens (including phenoxy) is 1. The number of benzene rings is 2. The summed E-state index contributed by atoms with van der Waals surface area (Å²) < 4.78 is 7.50. The fourth-order valence-electron chi connectivity index (χ4n) is 3.74. The van der Waals surface area contributed by atoms with Gasteiger partial charge in [-0.15, -0.1) is 0 Å². The van der Waals surface area contributed by atoms with Crippen LogP contribution >= 0.6 is 0 Å². The maximum atomic E-state index is 13.3. The molecule has 1 saturated heterocycles. The molecule has 29 heavy (non-hydrogen) atoms. The molecule has 2 aromatic carbocycles. The highest BCUT2D eigenvalue weighted by molar-refractivity contribution is 5.99. The Morgan fingerprint density at radius 3 is 2.59 bits per heavy atom. The number of rotatable bonds is 6. The SMILES string of the molecule is CCc1ccc(-c2nn(-c3ccccc3)cc2C(=O)N(C)CC2CCCO2)cc1. The summed E-state index contributed by atoms with van der Waals surface area (Å²) in [5.41, 5.74) is 4.46. The summed E-state index contributed by atoms with van der Waals surface area (Å²) in [7, 11) is 1.84. The van der Waals surface area contributed by atoms with E-state index >= 15 is 0 Å². The van der Waals surface area contributed by atoms with E-state index < -0.39 is 0 Å². The quantitative estimate of drug-likeness (QED) is 0.630. The van der Waals surface area contributed by atoms with Gasteiger partial charge in [-0.25, -0.2) is 4.68 Å². The van der Waals surface area contributed by atoms with E-state index in [1.165, 1.54) is 5.56 Å². The van der Waals surface area contributed by atoms with Gasteiger partial charge in [-0.2, -0.15) is 5.10 Å². The summed E-state index contributed by atoms with van der Waals surface area (Å²) in [4.78, 5) is 15.1. The van der Waals surface area contributed by atoms with Crippen LogP contribution in [0.3, 0.4) is 0 Å². The lowest BCUT2D eigenvalue weighted by atomic mass is 10.0. The molecular weight excluding hydrogens is 362 g/mol. The largest absolute Gasteiger partial charge is 0.376 e. The van der Waals surface area contributed by atoms with Crippen molar-refractivity contribution in [3.05, 3.63) is 71.9 Å². The summed E-state index contributed by atoms with van der Waals surface area (Å²) in [6, 6.07) is 18.2. The second-order valence-electron chi connectivity index (χ2n) is 7.54. The molecule has 1 unspecified atom stereocenters. The van der Waals surface area contributed by atoms with Crippen LogP contribution in [0.15, 0.2) is 60.8 Å². The topological polar surface area (TPSA) is 47.4 Å². The summed E-state index contributed by atoms with van der Waals surface area (Å²) in [5.74, 6) is -0.0303. The van der Waals surface area contributed by atoms with E-state index in [1.807, 2.05) is 55.7 Å². The highest BCUT2D eigenvalue weighted by Gasteiger charge is 2.25. The summed E-state index contributed by atoms with van der Waals surface area (Å²) >= 11 is 0. The van der Waals surface area contributed by atoms with Crippen LogP contribution in [0.4, 0.5) is 0 Å². The van der Waals surface area contributed by atoms with Gasteiger partial charge in [0.1, 0.15) is 5.69 Å². The van der Waals surface area contributed by atoms with E-state index in [1.54, 1.807) is 9.58 Å². The van der Waals surface area contributed by atoms with Gasteiger partial charge in [-0.1, -0.05) is 49.4 Å². The smallest absolute Gasteiger partial charge is 0.257 e. The van der Waals surface area contributed by atoms with Gasteiger partial charge >= 0.3 is 0 Å². The van der Waals surface area contributed by atoms with Crippen molar-refractivity contribution in [2.24, 2.45) is 0 Å². The summed E-state index contributed by atoms with van der Waals surface area (Å²) in [6.45, 7) is 3.52. The second kappa shape index (κ2) is 8.62. The van der Waals surface area contributed by atoms with Gasteiger partial charge in [-0.3, -0.25) is 4.79 Å². The molecule has 0 radical (unpaired) electrons. The van der Waals surface area contributed by atoms with E-state index in [9.17, 15) is 4.79 Å².